The summed E-state index contributed by atoms with van der Waals surface area (Å²) < 4.78 is 32.7. The molecule has 8 amide bonds. The number of fused-ring (bicyclic) bond motifs is 5. The fourth-order valence-electron chi connectivity index (χ4n) is 10.1. The number of hydrogen-bond donors (Lipinski definition) is 10. The molecular weight excluding hydrogens is 1060 g/mol. The van der Waals surface area contributed by atoms with Gasteiger partial charge in [-0.3, -0.25) is 33.6 Å². The zero-order valence-electron chi connectivity index (χ0n) is 45.5. The van der Waals surface area contributed by atoms with E-state index in [1.807, 2.05) is 0 Å². The van der Waals surface area contributed by atoms with Gasteiger partial charge in [0.05, 0.1) is 35.1 Å². The Hall–Kier alpha value is -8.52. The third-order valence-corrected chi connectivity index (χ3v) is 14.6. The smallest absolute Gasteiger partial charge is 0.407 e. The third kappa shape index (κ3) is 14.1. The predicted octanol–water partition coefficient (Wildman–Crippen LogP) is 2.55. The summed E-state index contributed by atoms with van der Waals surface area (Å²) in [6, 6.07) is 5.54. The molecular formula is C55H67FN10O15. The zero-order chi connectivity index (χ0) is 58.9. The number of aryl methyl sites for hydroxylation is 1. The van der Waals surface area contributed by atoms with Gasteiger partial charge in [0.1, 0.15) is 51.0 Å². The molecule has 7 rings (SSSR count). The normalized spacial score (nSPS) is 16.8. The summed E-state index contributed by atoms with van der Waals surface area (Å²) in [4.78, 5) is 132. The van der Waals surface area contributed by atoms with E-state index in [-0.39, 0.29) is 75.5 Å². The first-order valence-electron chi connectivity index (χ1n) is 26.6. The molecule has 0 fully saturated rings. The Kier molecular flexibility index (Phi) is 19.4. The number of aliphatic carboxylic acids is 1. The number of anilines is 1. The number of nitrogens with zero attached hydrogens (tertiary/aromatic N) is 2. The molecule has 0 radical (unpaired) electrons. The summed E-state index contributed by atoms with van der Waals surface area (Å²) >= 11 is 0. The number of nitrogens with one attached hydrogen (secondary N) is 7. The number of ether oxygens (including phenoxy) is 3. The summed E-state index contributed by atoms with van der Waals surface area (Å²) in [5.41, 5.74) is 7.16. The first-order valence-corrected chi connectivity index (χ1v) is 26.6. The quantitative estimate of drug-likeness (QED) is 0.0228. The first kappa shape index (κ1) is 60.1. The molecule has 0 saturated heterocycles. The van der Waals surface area contributed by atoms with E-state index >= 15 is 4.39 Å². The van der Waals surface area contributed by atoms with Gasteiger partial charge in [-0.1, -0.05) is 39.8 Å². The number of carbonyl (C=O) groups excluding carboxylic acids is 8. The van der Waals surface area contributed by atoms with Crippen LogP contribution in [0.2, 0.25) is 0 Å². The van der Waals surface area contributed by atoms with Crippen LogP contribution in [0.1, 0.15) is 118 Å². The lowest BCUT2D eigenvalue weighted by atomic mass is 9.81. The van der Waals surface area contributed by atoms with Crippen molar-refractivity contribution in [2.75, 3.05) is 31.7 Å². The SMILES string of the molecule is CC[C@@]1(O)C(=O)OCc2c1cc1n(c2=O)Cc2c-1nc1cc(F)c(C)c3c1c2[C@@H](NC(=O)COCNC(=O)CNC(=O)OCc1ccc(NC(=O)[C@H](CCCNC(N)=O)NC(=O)[C@@H](NC(=O)[C@H](C)CCCC(=O)O)C(C)C)cc1)CC3. The highest BCUT2D eigenvalue weighted by Crippen LogP contribution is 2.46. The lowest BCUT2D eigenvalue weighted by molar-refractivity contribution is -0.172. The predicted molar refractivity (Wildman–Crippen MR) is 287 cm³/mol. The number of cyclic esters (lactones) is 1. The van der Waals surface area contributed by atoms with Gasteiger partial charge >= 0.3 is 24.1 Å². The van der Waals surface area contributed by atoms with Crippen LogP contribution in [0.15, 0.2) is 41.2 Å². The maximum absolute atomic E-state index is 15.3. The number of pyridine rings is 2. The molecule has 0 spiro atoms. The average Bonchev–Trinajstić information content (AvgIpc) is 2.87. The van der Waals surface area contributed by atoms with Gasteiger partial charge in [-0.2, -0.15) is 0 Å². The van der Waals surface area contributed by atoms with Crippen molar-refractivity contribution >= 4 is 70.2 Å². The van der Waals surface area contributed by atoms with Crippen molar-refractivity contribution in [3.63, 3.8) is 0 Å². The number of aromatic nitrogens is 2. The highest BCUT2D eigenvalue weighted by Gasteiger charge is 2.46. The highest BCUT2D eigenvalue weighted by molar-refractivity contribution is 5.99. The highest BCUT2D eigenvalue weighted by atomic mass is 19.1. The molecule has 11 N–H and O–H groups in total. The van der Waals surface area contributed by atoms with Crippen LogP contribution in [0.25, 0.3) is 22.3 Å². The van der Waals surface area contributed by atoms with Crippen molar-refractivity contribution in [2.24, 2.45) is 17.6 Å². The number of halogens is 1. The second-order valence-electron chi connectivity index (χ2n) is 20.6. The van der Waals surface area contributed by atoms with Gasteiger partial charge in [0.25, 0.3) is 5.56 Å². The fraction of sp³-hybridized carbons (Fsp3) is 0.473. The number of rotatable bonds is 25. The Morgan fingerprint density at radius 2 is 1.67 bits per heavy atom. The van der Waals surface area contributed by atoms with Crippen LogP contribution in [-0.4, -0.2) is 112 Å². The van der Waals surface area contributed by atoms with Gasteiger partial charge in [0.2, 0.25) is 29.5 Å². The van der Waals surface area contributed by atoms with E-state index in [0.717, 1.165) is 5.56 Å². The lowest BCUT2D eigenvalue weighted by Gasteiger charge is -2.31. The maximum atomic E-state index is 15.3. The molecule has 2 aliphatic heterocycles. The minimum atomic E-state index is -2.05. The van der Waals surface area contributed by atoms with E-state index in [9.17, 15) is 53.1 Å². The van der Waals surface area contributed by atoms with Crippen molar-refractivity contribution in [1.29, 1.82) is 0 Å². The van der Waals surface area contributed by atoms with Crippen molar-refractivity contribution in [3.05, 3.63) is 91.5 Å². The van der Waals surface area contributed by atoms with Crippen LogP contribution in [0, 0.1) is 24.6 Å². The van der Waals surface area contributed by atoms with Crippen molar-refractivity contribution in [2.45, 2.75) is 129 Å². The molecule has 0 unspecified atom stereocenters. The van der Waals surface area contributed by atoms with Gasteiger partial charge in [-0.15, -0.1) is 0 Å². The Balaban J connectivity index is 0.871. The topological polar surface area (TPSA) is 367 Å². The number of amides is 8. The molecule has 434 valence electrons. The summed E-state index contributed by atoms with van der Waals surface area (Å²) in [7, 11) is 0. The lowest BCUT2D eigenvalue weighted by Crippen LogP contribution is -2.55. The van der Waals surface area contributed by atoms with Crippen LogP contribution in [-0.2, 0) is 79.6 Å². The minimum Gasteiger partial charge on any atom is -0.481 e. The number of alkyl carbamates (subject to hydrolysis) is 1. The van der Waals surface area contributed by atoms with E-state index in [1.165, 1.54) is 22.8 Å². The number of esters is 1. The van der Waals surface area contributed by atoms with Crippen molar-refractivity contribution in [1.82, 2.24) is 41.5 Å². The number of carboxylic acids is 1. The molecule has 25 nitrogen and oxygen atoms in total. The molecule has 5 atom stereocenters. The van der Waals surface area contributed by atoms with Crippen molar-refractivity contribution < 1.29 is 72.0 Å². The minimum absolute atomic E-state index is 0.0510. The standard InChI is InChI=1S/C55H67FN10O15/c1-6-55(78)35-19-40-47-33(22-66(40)51(74)34(35)24-80-52(55)75)45-37(17-16-32-29(5)36(56)20-39(63-47)44(32)45)62-42(68)25-79-26-60-41(67)21-59-54(77)81-23-30-12-14-31(15-13-30)61-49(72)38(10-8-18-58-53(57)76)64-50(73)46(27(2)3)65-48(71)28(4)9-7-11-43(69)70/h12-15,19-20,27-28,37-38,46,78H,6-11,16-18,21-26H2,1-5H3,(H,59,77)(H,60,67)(H,61,72)(H,62,68)(H,64,73)(H,65,71)(H,69,70)(H3,57,58,76)/t28-,37+,38+,46+,55+/m1/s1. The van der Waals surface area contributed by atoms with Crippen LogP contribution in [0.5, 0.6) is 0 Å². The molecule has 4 heterocycles. The fourth-order valence-corrected chi connectivity index (χ4v) is 10.1. The number of aliphatic hydroxyl groups is 1. The van der Waals surface area contributed by atoms with Gasteiger partial charge in [-0.05, 0) is 98.2 Å². The number of nitrogens with two attached hydrogens (primary N) is 1. The van der Waals surface area contributed by atoms with Crippen LogP contribution >= 0.6 is 0 Å². The molecule has 2 aromatic carbocycles. The Bertz CT molecular complexity index is 3200. The second kappa shape index (κ2) is 26.2. The summed E-state index contributed by atoms with van der Waals surface area (Å²) in [5, 5.41) is 39.2. The Morgan fingerprint density at radius 1 is 0.926 bits per heavy atom. The van der Waals surface area contributed by atoms with Gasteiger partial charge in [-0.25, -0.2) is 23.8 Å². The number of carboxylic acid groups (broad SMARTS) is 1. The van der Waals surface area contributed by atoms with E-state index in [1.54, 1.807) is 52.8 Å². The monoisotopic (exact) mass is 1130 g/mol. The Labute approximate surface area is 464 Å². The van der Waals surface area contributed by atoms with Crippen LogP contribution in [0.3, 0.4) is 0 Å². The summed E-state index contributed by atoms with van der Waals surface area (Å²) in [6.45, 7) is 6.56. The third-order valence-electron chi connectivity index (χ3n) is 14.6. The largest absolute Gasteiger partial charge is 0.481 e. The average molecular weight is 1130 g/mol. The zero-order valence-corrected chi connectivity index (χ0v) is 45.5. The molecule has 26 heteroatoms. The summed E-state index contributed by atoms with van der Waals surface area (Å²) in [5.74, 6) is -6.17. The molecule has 0 bridgehead atoms. The maximum Gasteiger partial charge on any atom is 0.407 e. The van der Waals surface area contributed by atoms with Gasteiger partial charge in [0, 0.05) is 47.2 Å². The van der Waals surface area contributed by atoms with Crippen LogP contribution < -0.4 is 48.5 Å². The van der Waals surface area contributed by atoms with E-state index < -0.39 is 115 Å². The molecule has 1 aliphatic carbocycles. The Morgan fingerprint density at radius 3 is 2.36 bits per heavy atom. The second-order valence-corrected chi connectivity index (χ2v) is 20.6. The first-order chi connectivity index (χ1) is 38.5. The molecule has 3 aliphatic rings. The number of urea groups is 1. The summed E-state index contributed by atoms with van der Waals surface area (Å²) in [6.07, 6.45) is 0.580. The van der Waals surface area contributed by atoms with Gasteiger partial charge in [0.15, 0.2) is 5.60 Å². The van der Waals surface area contributed by atoms with E-state index in [4.69, 9.17) is 30.0 Å². The number of benzene rings is 2. The molecule has 0 saturated carbocycles. The number of primary amides is 1. The van der Waals surface area contributed by atoms with Crippen molar-refractivity contribution in [3.8, 4) is 11.4 Å². The number of carbonyl (C=O) groups is 9. The molecule has 2 aromatic heterocycles. The number of hydrogen-bond acceptors (Lipinski definition) is 15. The molecule has 81 heavy (non-hydrogen) atoms. The molecule has 4 aromatic rings. The van der Waals surface area contributed by atoms with Crippen LogP contribution in [0.4, 0.5) is 19.7 Å². The van der Waals surface area contributed by atoms with Gasteiger partial charge < -0.3 is 71.9 Å². The van der Waals surface area contributed by atoms with E-state index in [2.05, 4.69) is 37.2 Å². The van der Waals surface area contributed by atoms with E-state index in [0.29, 0.717) is 69.5 Å².